The Labute approximate surface area is 93.6 Å². The quantitative estimate of drug-likeness (QED) is 0.627. The number of rotatable bonds is 8. The molecule has 0 atom stereocenters. The van der Waals surface area contributed by atoms with Crippen LogP contribution in [0.15, 0.2) is 0 Å². The van der Waals surface area contributed by atoms with Crippen molar-refractivity contribution in [1.29, 1.82) is 0 Å². The molecule has 0 aromatic rings. The van der Waals surface area contributed by atoms with Crippen molar-refractivity contribution in [1.82, 2.24) is 0 Å². The Morgan fingerprint density at radius 2 is 2.00 bits per heavy atom. The molecule has 1 saturated carbocycles. The van der Waals surface area contributed by atoms with Crippen LogP contribution in [0.3, 0.4) is 0 Å². The van der Waals surface area contributed by atoms with Gasteiger partial charge < -0.3 is 5.73 Å². The summed E-state index contributed by atoms with van der Waals surface area (Å²) in [5.41, 5.74) is 5.95. The van der Waals surface area contributed by atoms with Crippen molar-refractivity contribution >= 4 is 5.78 Å². The fraction of sp³-hybridized carbons (Fsp3) is 0.923. The second-order valence-corrected chi connectivity index (χ2v) is 5.08. The van der Waals surface area contributed by atoms with Gasteiger partial charge >= 0.3 is 0 Å². The maximum Gasteiger partial charge on any atom is 0.133 e. The third kappa shape index (κ3) is 3.94. The Hall–Kier alpha value is -0.370. The number of hydrogen-bond acceptors (Lipinski definition) is 2. The Morgan fingerprint density at radius 3 is 2.47 bits per heavy atom. The van der Waals surface area contributed by atoms with Crippen molar-refractivity contribution in [2.75, 3.05) is 6.54 Å². The molecule has 1 aliphatic rings. The van der Waals surface area contributed by atoms with Gasteiger partial charge in [-0.25, -0.2) is 0 Å². The van der Waals surface area contributed by atoms with Gasteiger partial charge in [0.1, 0.15) is 5.78 Å². The predicted octanol–water partition coefficient (Wildman–Crippen LogP) is 3.05. The smallest absolute Gasteiger partial charge is 0.133 e. The molecule has 2 N–H and O–H groups in total. The van der Waals surface area contributed by atoms with Crippen LogP contribution in [-0.4, -0.2) is 12.3 Å². The van der Waals surface area contributed by atoms with E-state index in [0.717, 1.165) is 19.3 Å². The van der Waals surface area contributed by atoms with Gasteiger partial charge in [-0.1, -0.05) is 32.6 Å². The van der Waals surface area contributed by atoms with E-state index in [2.05, 4.69) is 6.92 Å². The van der Waals surface area contributed by atoms with E-state index in [1.807, 2.05) is 0 Å². The van der Waals surface area contributed by atoms with Gasteiger partial charge in [0.05, 0.1) is 0 Å². The van der Waals surface area contributed by atoms with Crippen molar-refractivity contribution in [3.8, 4) is 0 Å². The lowest BCUT2D eigenvalue weighted by atomic mass is 9.65. The van der Waals surface area contributed by atoms with Crippen LogP contribution in [0.25, 0.3) is 0 Å². The fourth-order valence-electron chi connectivity index (χ4n) is 2.39. The van der Waals surface area contributed by atoms with E-state index in [4.69, 9.17) is 5.73 Å². The van der Waals surface area contributed by atoms with Crippen LogP contribution in [0.5, 0.6) is 0 Å². The Kier molecular flexibility index (Phi) is 5.30. The highest BCUT2D eigenvalue weighted by Gasteiger charge is 2.36. The average molecular weight is 211 g/mol. The lowest BCUT2D eigenvalue weighted by molar-refractivity contribution is -0.122. The van der Waals surface area contributed by atoms with Gasteiger partial charge in [-0.2, -0.15) is 0 Å². The zero-order valence-electron chi connectivity index (χ0n) is 10.1. The summed E-state index contributed by atoms with van der Waals surface area (Å²) in [4.78, 5) is 11.7. The predicted molar refractivity (Wildman–Crippen MR) is 63.7 cm³/mol. The summed E-state index contributed by atoms with van der Waals surface area (Å²) >= 11 is 0. The van der Waals surface area contributed by atoms with E-state index in [-0.39, 0.29) is 5.41 Å². The minimum absolute atomic E-state index is 0.210. The molecular formula is C13H25NO. The summed E-state index contributed by atoms with van der Waals surface area (Å²) in [6.45, 7) is 2.90. The van der Waals surface area contributed by atoms with Crippen LogP contribution in [0.2, 0.25) is 0 Å². The minimum atomic E-state index is 0.210. The number of unbranched alkanes of at least 4 members (excludes halogenated alkanes) is 3. The van der Waals surface area contributed by atoms with Crippen LogP contribution < -0.4 is 5.73 Å². The number of ketones is 1. The lowest BCUT2D eigenvalue weighted by Gasteiger charge is -2.40. The highest BCUT2D eigenvalue weighted by Crippen LogP contribution is 2.43. The minimum Gasteiger partial charge on any atom is -0.330 e. The molecule has 88 valence electrons. The van der Waals surface area contributed by atoms with Crippen LogP contribution in [0.1, 0.15) is 64.7 Å². The second-order valence-electron chi connectivity index (χ2n) is 5.08. The van der Waals surface area contributed by atoms with Gasteiger partial charge in [-0.15, -0.1) is 0 Å². The largest absolute Gasteiger partial charge is 0.330 e. The van der Waals surface area contributed by atoms with Crippen LogP contribution >= 0.6 is 0 Å². The topological polar surface area (TPSA) is 43.1 Å². The van der Waals surface area contributed by atoms with Gasteiger partial charge in [0.15, 0.2) is 0 Å². The molecule has 0 spiro atoms. The molecule has 0 unspecified atom stereocenters. The molecule has 0 aromatic heterocycles. The number of hydrogen-bond donors (Lipinski definition) is 1. The van der Waals surface area contributed by atoms with E-state index in [1.54, 1.807) is 0 Å². The summed E-state index contributed by atoms with van der Waals surface area (Å²) in [5, 5.41) is 0. The highest BCUT2D eigenvalue weighted by molar-refractivity contribution is 5.79. The number of carbonyl (C=O) groups excluding carboxylic acids is 1. The number of nitrogens with two attached hydrogens (primary N) is 1. The molecule has 0 radical (unpaired) electrons. The maximum absolute atomic E-state index is 11.7. The van der Waals surface area contributed by atoms with Gasteiger partial charge in [-0.3, -0.25) is 4.79 Å². The molecule has 0 saturated heterocycles. The summed E-state index contributed by atoms with van der Waals surface area (Å²) in [6, 6.07) is 0. The zero-order valence-corrected chi connectivity index (χ0v) is 10.1. The molecule has 0 bridgehead atoms. The highest BCUT2D eigenvalue weighted by atomic mass is 16.1. The standard InChI is InChI=1S/C13H25NO/c1-2-3-4-5-7-12(15)10-13(11-14)8-6-9-13/h2-11,14H2,1H3. The normalized spacial score (nSPS) is 18.5. The fourth-order valence-corrected chi connectivity index (χ4v) is 2.39. The molecule has 1 rings (SSSR count). The first-order valence-corrected chi connectivity index (χ1v) is 6.44. The van der Waals surface area contributed by atoms with E-state index in [9.17, 15) is 4.79 Å². The Morgan fingerprint density at radius 1 is 1.27 bits per heavy atom. The first kappa shape index (κ1) is 12.7. The molecule has 1 aliphatic carbocycles. The molecule has 0 aliphatic heterocycles. The van der Waals surface area contributed by atoms with E-state index < -0.39 is 0 Å². The second kappa shape index (κ2) is 6.26. The first-order chi connectivity index (χ1) is 7.22. The van der Waals surface area contributed by atoms with Crippen molar-refractivity contribution < 1.29 is 4.79 Å². The van der Waals surface area contributed by atoms with Crippen molar-refractivity contribution in [2.24, 2.45) is 11.1 Å². The monoisotopic (exact) mass is 211 g/mol. The zero-order chi connectivity index (χ0) is 11.1. The molecule has 2 heteroatoms. The molecule has 15 heavy (non-hydrogen) atoms. The summed E-state index contributed by atoms with van der Waals surface area (Å²) in [5.74, 6) is 0.441. The molecule has 1 fully saturated rings. The average Bonchev–Trinajstić information content (AvgIpc) is 2.18. The SMILES string of the molecule is CCCCCCC(=O)CC1(CN)CCC1. The van der Waals surface area contributed by atoms with Gasteiger partial charge in [0.25, 0.3) is 0 Å². The van der Waals surface area contributed by atoms with Crippen LogP contribution in [-0.2, 0) is 4.79 Å². The number of Topliss-reactive ketones (excluding diaryl/α,β-unsaturated/α-hetero) is 1. The summed E-state index contributed by atoms with van der Waals surface area (Å²) in [7, 11) is 0. The Balaban J connectivity index is 2.12. The maximum atomic E-state index is 11.7. The van der Waals surface area contributed by atoms with Crippen molar-refractivity contribution in [2.45, 2.75) is 64.7 Å². The molecular weight excluding hydrogens is 186 g/mol. The lowest BCUT2D eigenvalue weighted by Crippen LogP contribution is -2.39. The Bertz CT molecular complexity index is 191. The van der Waals surface area contributed by atoms with Crippen LogP contribution in [0.4, 0.5) is 0 Å². The molecule has 0 aromatic carbocycles. The van der Waals surface area contributed by atoms with Gasteiger partial charge in [0, 0.05) is 12.8 Å². The van der Waals surface area contributed by atoms with E-state index in [0.29, 0.717) is 12.3 Å². The summed E-state index contributed by atoms with van der Waals surface area (Å²) < 4.78 is 0. The molecule has 0 heterocycles. The first-order valence-electron chi connectivity index (χ1n) is 6.44. The van der Waals surface area contributed by atoms with Gasteiger partial charge in [0.2, 0.25) is 0 Å². The third-order valence-electron chi connectivity index (χ3n) is 3.73. The van der Waals surface area contributed by atoms with Crippen molar-refractivity contribution in [3.63, 3.8) is 0 Å². The van der Waals surface area contributed by atoms with Crippen LogP contribution in [0, 0.1) is 5.41 Å². The molecule has 0 amide bonds. The molecule has 2 nitrogen and oxygen atoms in total. The van der Waals surface area contributed by atoms with Crippen molar-refractivity contribution in [3.05, 3.63) is 0 Å². The van der Waals surface area contributed by atoms with E-state index >= 15 is 0 Å². The summed E-state index contributed by atoms with van der Waals surface area (Å²) in [6.07, 6.45) is 9.91. The number of carbonyl (C=O) groups is 1. The third-order valence-corrected chi connectivity index (χ3v) is 3.73. The van der Waals surface area contributed by atoms with Gasteiger partial charge in [-0.05, 0) is 31.2 Å². The van der Waals surface area contributed by atoms with E-state index in [1.165, 1.54) is 38.5 Å².